The molecule has 4 heteroatoms. The number of nitrogens with zero attached hydrogens (tertiary/aromatic N) is 2. The summed E-state index contributed by atoms with van der Waals surface area (Å²) in [7, 11) is 0. The molecule has 3 unspecified atom stereocenters. The van der Waals surface area contributed by atoms with Crippen LogP contribution in [0.25, 0.3) is 6.08 Å². The molecule has 3 atom stereocenters. The fourth-order valence-electron chi connectivity index (χ4n) is 5.08. The summed E-state index contributed by atoms with van der Waals surface area (Å²) in [6.45, 7) is 2.32. The van der Waals surface area contributed by atoms with Crippen molar-refractivity contribution in [2.75, 3.05) is 5.01 Å². The number of hydrogen-bond donors (Lipinski definition) is 0. The van der Waals surface area contributed by atoms with Crippen LogP contribution in [-0.4, -0.2) is 5.71 Å². The lowest BCUT2D eigenvalue weighted by Gasteiger charge is -2.34. The van der Waals surface area contributed by atoms with Crippen molar-refractivity contribution >= 4 is 49.3 Å². The van der Waals surface area contributed by atoms with E-state index in [-0.39, 0.29) is 6.04 Å². The zero-order valence-electron chi connectivity index (χ0n) is 18.1. The third-order valence-corrected chi connectivity index (χ3v) is 7.60. The largest absolute Gasteiger partial charge is 0.257 e. The van der Waals surface area contributed by atoms with Crippen LogP contribution in [0, 0.1) is 11.8 Å². The van der Waals surface area contributed by atoms with E-state index < -0.39 is 0 Å². The predicted octanol–water partition coefficient (Wildman–Crippen LogP) is 8.65. The van der Waals surface area contributed by atoms with Gasteiger partial charge in [0.2, 0.25) is 0 Å². The molecule has 2 aliphatic rings. The molecule has 1 fully saturated rings. The molecule has 0 aromatic heterocycles. The van der Waals surface area contributed by atoms with Gasteiger partial charge in [-0.1, -0.05) is 87.7 Å². The molecule has 0 radical (unpaired) electrons. The lowest BCUT2D eigenvalue weighted by Crippen LogP contribution is -2.31. The van der Waals surface area contributed by atoms with Crippen molar-refractivity contribution in [3.05, 3.63) is 105 Å². The summed E-state index contributed by atoms with van der Waals surface area (Å²) in [4.78, 5) is 0. The van der Waals surface area contributed by atoms with E-state index in [4.69, 9.17) is 5.10 Å². The summed E-state index contributed by atoms with van der Waals surface area (Å²) >= 11 is 7.31. The van der Waals surface area contributed by atoms with Gasteiger partial charge in [-0.3, -0.25) is 5.01 Å². The smallest absolute Gasteiger partial charge is 0.0860 e. The summed E-state index contributed by atoms with van der Waals surface area (Å²) in [6.07, 6.45) is 5.80. The van der Waals surface area contributed by atoms with Gasteiger partial charge in [0.15, 0.2) is 0 Å². The van der Waals surface area contributed by atoms with E-state index >= 15 is 0 Å². The Labute approximate surface area is 207 Å². The molecule has 0 N–H and O–H groups in total. The molecule has 5 rings (SSSR count). The van der Waals surface area contributed by atoms with E-state index in [1.807, 2.05) is 0 Å². The summed E-state index contributed by atoms with van der Waals surface area (Å²) in [5.41, 5.74) is 6.32. The number of rotatable bonds is 4. The monoisotopic (exact) mass is 548 g/mol. The Hall–Kier alpha value is -2.17. The standard InChI is InChI=1S/C28H26Br2N2/c1-2-19-14-22(15-20-8-6-10-23(29)16-20)27-26(17-19)28(21-9-7-11-24(30)18-21)32(31-27)25-12-4-3-5-13-25/h3-13,15-16,18-19,26,28H,2,14,17H2,1H3/b22-15+. The van der Waals surface area contributed by atoms with Gasteiger partial charge in [0, 0.05) is 14.9 Å². The van der Waals surface area contributed by atoms with Crippen molar-refractivity contribution < 1.29 is 0 Å². The van der Waals surface area contributed by atoms with E-state index in [1.54, 1.807) is 0 Å². The van der Waals surface area contributed by atoms with Crippen molar-refractivity contribution in [2.24, 2.45) is 16.9 Å². The lowest BCUT2D eigenvalue weighted by atomic mass is 9.72. The lowest BCUT2D eigenvalue weighted by molar-refractivity contribution is 0.371. The normalized spacial score (nSPS) is 23.8. The zero-order valence-corrected chi connectivity index (χ0v) is 21.3. The second-order valence-electron chi connectivity index (χ2n) is 8.71. The van der Waals surface area contributed by atoms with Crippen molar-refractivity contribution in [3.8, 4) is 0 Å². The Kier molecular flexibility index (Phi) is 6.34. The molecule has 0 amide bonds. The van der Waals surface area contributed by atoms with Crippen LogP contribution in [0.4, 0.5) is 5.69 Å². The fourth-order valence-corrected chi connectivity index (χ4v) is 5.91. The Balaban J connectivity index is 1.63. The van der Waals surface area contributed by atoms with Gasteiger partial charge in [0.1, 0.15) is 0 Å². The first kappa shape index (κ1) is 21.7. The average Bonchev–Trinajstić information content (AvgIpc) is 3.19. The Morgan fingerprint density at radius 3 is 2.41 bits per heavy atom. The molecule has 3 aromatic rings. The van der Waals surface area contributed by atoms with Gasteiger partial charge in [-0.2, -0.15) is 5.10 Å². The van der Waals surface area contributed by atoms with E-state index in [1.165, 1.54) is 35.3 Å². The fraction of sp³-hybridized carbons (Fsp3) is 0.250. The zero-order chi connectivity index (χ0) is 22.1. The first-order valence-electron chi connectivity index (χ1n) is 11.3. The van der Waals surface area contributed by atoms with Gasteiger partial charge in [-0.15, -0.1) is 0 Å². The number of para-hydroxylation sites is 1. The van der Waals surface area contributed by atoms with E-state index in [2.05, 4.69) is 129 Å². The Morgan fingerprint density at radius 2 is 1.69 bits per heavy atom. The molecule has 2 nitrogen and oxygen atoms in total. The van der Waals surface area contributed by atoms with Gasteiger partial charge < -0.3 is 0 Å². The number of hydrogen-bond acceptors (Lipinski definition) is 2. The first-order valence-corrected chi connectivity index (χ1v) is 12.9. The molecule has 3 aromatic carbocycles. The summed E-state index contributed by atoms with van der Waals surface area (Å²) in [5, 5.41) is 7.55. The highest BCUT2D eigenvalue weighted by Gasteiger charge is 2.44. The van der Waals surface area contributed by atoms with Crippen molar-refractivity contribution in [1.29, 1.82) is 0 Å². The number of allylic oxidation sites excluding steroid dienone is 1. The average molecular weight is 550 g/mol. The quantitative estimate of drug-likeness (QED) is 0.318. The summed E-state index contributed by atoms with van der Waals surface area (Å²) in [5.74, 6) is 1.05. The predicted molar refractivity (Wildman–Crippen MR) is 142 cm³/mol. The van der Waals surface area contributed by atoms with Crippen molar-refractivity contribution in [3.63, 3.8) is 0 Å². The number of fused-ring (bicyclic) bond motifs is 1. The maximum absolute atomic E-state index is 5.29. The van der Waals surface area contributed by atoms with Crippen LogP contribution >= 0.6 is 31.9 Å². The topological polar surface area (TPSA) is 15.6 Å². The SMILES string of the molecule is CCC1C/C(=C\c2cccc(Br)c2)C2=NN(c3ccccc3)C(c3cccc(Br)c3)C2C1. The van der Waals surface area contributed by atoms with Crippen LogP contribution in [0.5, 0.6) is 0 Å². The van der Waals surface area contributed by atoms with Gasteiger partial charge in [0.25, 0.3) is 0 Å². The molecule has 162 valence electrons. The second kappa shape index (κ2) is 9.36. The third kappa shape index (κ3) is 4.35. The van der Waals surface area contributed by atoms with Crippen LogP contribution in [0.15, 0.2) is 98.5 Å². The molecule has 32 heavy (non-hydrogen) atoms. The molecular weight excluding hydrogens is 524 g/mol. The molecule has 1 saturated carbocycles. The van der Waals surface area contributed by atoms with Gasteiger partial charge in [0.05, 0.1) is 17.4 Å². The van der Waals surface area contributed by atoms with Gasteiger partial charge in [-0.25, -0.2) is 0 Å². The second-order valence-corrected chi connectivity index (χ2v) is 10.5. The third-order valence-electron chi connectivity index (χ3n) is 6.61. The Morgan fingerprint density at radius 1 is 0.938 bits per heavy atom. The van der Waals surface area contributed by atoms with Crippen LogP contribution in [-0.2, 0) is 0 Å². The summed E-state index contributed by atoms with van der Waals surface area (Å²) in [6, 6.07) is 28.1. The van der Waals surface area contributed by atoms with Crippen molar-refractivity contribution in [2.45, 2.75) is 32.2 Å². The molecule has 0 bridgehead atoms. The molecule has 0 saturated heterocycles. The van der Waals surface area contributed by atoms with Crippen molar-refractivity contribution in [1.82, 2.24) is 0 Å². The molecule has 1 aliphatic carbocycles. The molecule has 1 heterocycles. The maximum Gasteiger partial charge on any atom is 0.0860 e. The van der Waals surface area contributed by atoms with E-state index in [9.17, 15) is 0 Å². The van der Waals surface area contributed by atoms with Crippen LogP contribution in [0.3, 0.4) is 0 Å². The number of hydrazone groups is 1. The molecule has 0 spiro atoms. The molecule has 1 aliphatic heterocycles. The number of anilines is 1. The minimum absolute atomic E-state index is 0.199. The van der Waals surface area contributed by atoms with Crippen LogP contribution in [0.1, 0.15) is 43.4 Å². The summed E-state index contributed by atoms with van der Waals surface area (Å²) < 4.78 is 2.22. The maximum atomic E-state index is 5.29. The highest BCUT2D eigenvalue weighted by atomic mass is 79.9. The minimum atomic E-state index is 0.199. The van der Waals surface area contributed by atoms with Gasteiger partial charge in [-0.05, 0) is 77.9 Å². The first-order chi connectivity index (χ1) is 15.6. The number of benzene rings is 3. The van der Waals surface area contributed by atoms with Crippen LogP contribution in [0.2, 0.25) is 0 Å². The highest BCUT2D eigenvalue weighted by Crippen LogP contribution is 2.48. The Bertz CT molecular complexity index is 1170. The highest BCUT2D eigenvalue weighted by molar-refractivity contribution is 9.10. The number of halogens is 2. The minimum Gasteiger partial charge on any atom is -0.257 e. The molecular formula is C28H26Br2N2. The van der Waals surface area contributed by atoms with Crippen LogP contribution < -0.4 is 5.01 Å². The van der Waals surface area contributed by atoms with E-state index in [0.29, 0.717) is 11.8 Å². The van der Waals surface area contributed by atoms with E-state index in [0.717, 1.165) is 21.1 Å². The van der Waals surface area contributed by atoms with Gasteiger partial charge >= 0.3 is 0 Å².